The number of rotatable bonds is 3. The summed E-state index contributed by atoms with van der Waals surface area (Å²) >= 11 is 2.13. The van der Waals surface area contributed by atoms with Crippen molar-refractivity contribution in [1.82, 2.24) is 0 Å². The highest BCUT2D eigenvalue weighted by molar-refractivity contribution is 8.00. The molecule has 0 aromatic carbocycles. The fourth-order valence-corrected chi connectivity index (χ4v) is 2.98. The molecule has 2 aliphatic rings. The van der Waals surface area contributed by atoms with Crippen LogP contribution in [0.25, 0.3) is 0 Å². The van der Waals surface area contributed by atoms with Gasteiger partial charge in [-0.3, -0.25) is 0 Å². The summed E-state index contributed by atoms with van der Waals surface area (Å²) < 4.78 is 5.33. The number of hydrogen-bond donors (Lipinski definition) is 0. The molecule has 1 heterocycles. The van der Waals surface area contributed by atoms with Gasteiger partial charge in [-0.1, -0.05) is 12.8 Å². The van der Waals surface area contributed by atoms with E-state index in [1.54, 1.807) is 0 Å². The van der Waals surface area contributed by atoms with E-state index in [0.29, 0.717) is 0 Å². The van der Waals surface area contributed by atoms with Gasteiger partial charge >= 0.3 is 0 Å². The van der Waals surface area contributed by atoms with Crippen molar-refractivity contribution in [1.29, 1.82) is 0 Å². The summed E-state index contributed by atoms with van der Waals surface area (Å²) in [5, 5.41) is 0.955. The minimum Gasteiger partial charge on any atom is -0.369 e. The summed E-state index contributed by atoms with van der Waals surface area (Å²) in [4.78, 5) is 0. The summed E-state index contributed by atoms with van der Waals surface area (Å²) in [6.45, 7) is 3.21. The van der Waals surface area contributed by atoms with Gasteiger partial charge in [0.05, 0.1) is 12.2 Å². The molecule has 1 saturated heterocycles. The third kappa shape index (κ3) is 2.12. The molecule has 0 radical (unpaired) electrons. The van der Waals surface area contributed by atoms with Gasteiger partial charge in [0.15, 0.2) is 0 Å². The lowest BCUT2D eigenvalue weighted by Gasteiger charge is -2.09. The lowest BCUT2D eigenvalue weighted by atomic mass is 10.3. The molecule has 2 rings (SSSR count). The highest BCUT2D eigenvalue weighted by Gasteiger charge is 2.39. The molecule has 11 heavy (non-hydrogen) atoms. The molecule has 0 amide bonds. The van der Waals surface area contributed by atoms with Crippen molar-refractivity contribution in [3.8, 4) is 0 Å². The van der Waals surface area contributed by atoms with Crippen molar-refractivity contribution in [3.63, 3.8) is 0 Å². The minimum absolute atomic E-state index is 0.271. The van der Waals surface area contributed by atoms with Gasteiger partial charge in [-0.25, -0.2) is 0 Å². The van der Waals surface area contributed by atoms with Crippen LogP contribution in [0.2, 0.25) is 0 Å². The maximum atomic E-state index is 5.33. The van der Waals surface area contributed by atoms with Crippen LogP contribution in [0, 0.1) is 0 Å². The van der Waals surface area contributed by atoms with E-state index in [4.69, 9.17) is 4.74 Å². The minimum atomic E-state index is 0.271. The number of ether oxygens (including phenoxy) is 1. The van der Waals surface area contributed by atoms with E-state index in [-0.39, 0.29) is 5.60 Å². The zero-order valence-corrected chi connectivity index (χ0v) is 7.95. The lowest BCUT2D eigenvalue weighted by molar-refractivity contribution is 0.348. The molecule has 1 unspecified atom stereocenters. The summed E-state index contributed by atoms with van der Waals surface area (Å²) in [5.74, 6) is 1.22. The molecule has 1 nitrogen and oxygen atoms in total. The number of epoxide rings is 1. The molecule has 0 spiro atoms. The summed E-state index contributed by atoms with van der Waals surface area (Å²) in [5.41, 5.74) is 0.271. The second-order valence-corrected chi connectivity index (χ2v) is 5.24. The van der Waals surface area contributed by atoms with E-state index >= 15 is 0 Å². The van der Waals surface area contributed by atoms with Crippen LogP contribution < -0.4 is 0 Å². The molecular weight excluding hydrogens is 156 g/mol. The second-order valence-electron chi connectivity index (χ2n) is 3.96. The Morgan fingerprint density at radius 3 is 2.64 bits per heavy atom. The lowest BCUT2D eigenvalue weighted by Crippen LogP contribution is -2.10. The van der Waals surface area contributed by atoms with Crippen LogP contribution in [-0.2, 0) is 4.74 Å². The van der Waals surface area contributed by atoms with Crippen LogP contribution in [0.1, 0.15) is 32.6 Å². The highest BCUT2D eigenvalue weighted by atomic mass is 32.2. The van der Waals surface area contributed by atoms with Gasteiger partial charge in [0.2, 0.25) is 0 Å². The Bertz CT molecular complexity index is 136. The maximum Gasteiger partial charge on any atom is 0.0978 e. The first-order valence-corrected chi connectivity index (χ1v) is 5.59. The Morgan fingerprint density at radius 1 is 1.45 bits per heavy atom. The molecular formula is C9H16OS. The largest absolute Gasteiger partial charge is 0.369 e. The average molecular weight is 172 g/mol. The van der Waals surface area contributed by atoms with Gasteiger partial charge < -0.3 is 4.74 Å². The molecule has 1 aliphatic carbocycles. The fourth-order valence-electron chi connectivity index (χ4n) is 1.56. The Kier molecular flexibility index (Phi) is 2.15. The summed E-state index contributed by atoms with van der Waals surface area (Å²) in [6.07, 6.45) is 5.80. The average Bonchev–Trinajstić information content (AvgIpc) is 2.53. The second kappa shape index (κ2) is 2.98. The van der Waals surface area contributed by atoms with E-state index < -0.39 is 0 Å². The smallest absolute Gasteiger partial charge is 0.0978 e. The van der Waals surface area contributed by atoms with E-state index in [1.165, 1.54) is 31.4 Å². The van der Waals surface area contributed by atoms with E-state index in [2.05, 4.69) is 18.7 Å². The van der Waals surface area contributed by atoms with Crippen molar-refractivity contribution < 1.29 is 4.74 Å². The predicted molar refractivity (Wildman–Crippen MR) is 49.1 cm³/mol. The van der Waals surface area contributed by atoms with Crippen molar-refractivity contribution in [2.75, 3.05) is 12.4 Å². The molecule has 0 N–H and O–H groups in total. The SMILES string of the molecule is CC1(CSC2CCCC2)CO1. The van der Waals surface area contributed by atoms with Crippen LogP contribution in [0.4, 0.5) is 0 Å². The standard InChI is InChI=1S/C9H16OS/c1-9(6-10-9)7-11-8-4-2-3-5-8/h8H,2-7H2,1H3. The predicted octanol–water partition coefficient (Wildman–Crippen LogP) is 2.45. The van der Waals surface area contributed by atoms with Crippen LogP contribution in [-0.4, -0.2) is 23.2 Å². The number of hydrogen-bond acceptors (Lipinski definition) is 2. The molecule has 64 valence electrons. The van der Waals surface area contributed by atoms with E-state index in [0.717, 1.165) is 11.9 Å². The fraction of sp³-hybridized carbons (Fsp3) is 1.00. The van der Waals surface area contributed by atoms with Crippen molar-refractivity contribution in [2.45, 2.75) is 43.5 Å². The molecule has 2 heteroatoms. The van der Waals surface area contributed by atoms with Crippen molar-refractivity contribution in [2.24, 2.45) is 0 Å². The highest BCUT2D eigenvalue weighted by Crippen LogP contribution is 2.36. The topological polar surface area (TPSA) is 12.5 Å². The third-order valence-corrected chi connectivity index (χ3v) is 4.28. The van der Waals surface area contributed by atoms with Crippen LogP contribution in [0.15, 0.2) is 0 Å². The molecule has 0 aromatic rings. The normalized spacial score (nSPS) is 37.9. The first-order valence-electron chi connectivity index (χ1n) is 4.54. The molecule has 0 aromatic heterocycles. The molecule has 1 aliphatic heterocycles. The summed E-state index contributed by atoms with van der Waals surface area (Å²) in [6, 6.07) is 0. The molecule has 0 bridgehead atoms. The van der Waals surface area contributed by atoms with Crippen molar-refractivity contribution >= 4 is 11.8 Å². The van der Waals surface area contributed by atoms with Gasteiger partial charge in [0.25, 0.3) is 0 Å². The first-order chi connectivity index (χ1) is 5.29. The molecule has 2 fully saturated rings. The van der Waals surface area contributed by atoms with Crippen LogP contribution >= 0.6 is 11.8 Å². The van der Waals surface area contributed by atoms with Gasteiger partial charge in [-0.05, 0) is 19.8 Å². The Morgan fingerprint density at radius 2 is 2.09 bits per heavy atom. The Labute approximate surface area is 72.9 Å². The van der Waals surface area contributed by atoms with E-state index in [1.807, 2.05) is 0 Å². The van der Waals surface area contributed by atoms with Gasteiger partial charge in [0, 0.05) is 11.0 Å². The van der Waals surface area contributed by atoms with Gasteiger partial charge in [-0.15, -0.1) is 0 Å². The van der Waals surface area contributed by atoms with Crippen molar-refractivity contribution in [3.05, 3.63) is 0 Å². The zero-order chi connectivity index (χ0) is 7.73. The Hall–Kier alpha value is 0.310. The quantitative estimate of drug-likeness (QED) is 0.606. The van der Waals surface area contributed by atoms with Crippen LogP contribution in [0.3, 0.4) is 0 Å². The van der Waals surface area contributed by atoms with Gasteiger partial charge in [0.1, 0.15) is 0 Å². The Balaban J connectivity index is 1.65. The monoisotopic (exact) mass is 172 g/mol. The van der Waals surface area contributed by atoms with Gasteiger partial charge in [-0.2, -0.15) is 11.8 Å². The first kappa shape index (κ1) is 7.93. The number of thioether (sulfide) groups is 1. The molecule has 1 saturated carbocycles. The summed E-state index contributed by atoms with van der Waals surface area (Å²) in [7, 11) is 0. The third-order valence-electron chi connectivity index (χ3n) is 2.56. The van der Waals surface area contributed by atoms with Crippen LogP contribution in [0.5, 0.6) is 0 Å². The zero-order valence-electron chi connectivity index (χ0n) is 7.14. The molecule has 1 atom stereocenters. The maximum absolute atomic E-state index is 5.33. The van der Waals surface area contributed by atoms with E-state index in [9.17, 15) is 0 Å².